The van der Waals surface area contributed by atoms with E-state index < -0.39 is 51.5 Å². The number of nitrogen functional groups attached to an aromatic ring is 1. The molecule has 2 aliphatic heterocycles. The molecule has 0 radical (unpaired) electrons. The number of rotatable bonds is 9. The van der Waals surface area contributed by atoms with E-state index in [0.717, 1.165) is 11.3 Å². The molecule has 1 saturated heterocycles. The van der Waals surface area contributed by atoms with Gasteiger partial charge in [-0.1, -0.05) is 5.16 Å². The molecule has 0 bridgehead atoms. The van der Waals surface area contributed by atoms with Gasteiger partial charge < -0.3 is 26.3 Å². The maximum Gasteiger partial charge on any atom is 0.362 e. The van der Waals surface area contributed by atoms with Crippen LogP contribution < -0.4 is 16.4 Å². The minimum absolute atomic E-state index is 0.0370. The van der Waals surface area contributed by atoms with Crippen LogP contribution in [0.1, 0.15) is 29.9 Å². The fourth-order valence-electron chi connectivity index (χ4n) is 3.95. The van der Waals surface area contributed by atoms with Gasteiger partial charge in [0.25, 0.3) is 11.8 Å². The summed E-state index contributed by atoms with van der Waals surface area (Å²) in [6.45, 7) is 0.908. The Hall–Kier alpha value is -3.68. The van der Waals surface area contributed by atoms with Gasteiger partial charge in [0.2, 0.25) is 5.60 Å². The van der Waals surface area contributed by atoms with Gasteiger partial charge in [-0.15, -0.1) is 11.3 Å². The van der Waals surface area contributed by atoms with Crippen LogP contribution in [0, 0.1) is 0 Å². The molecule has 37 heavy (non-hydrogen) atoms. The standard InChI is InChI=1S/C18H21N9O8S2/c19-17-21-10(7-36-17)12(25-35-18(2-3-18)16(30)31)14(28)22-13-11(27(15(13)29)37(32,33)34)6-26-23-8-1-4-20-5-9(8)24-26/h7,11,13,20H,1-6H2,(H2,19,21)(H,22,28)(H,30,31)(H,32,33,34)/b25-12-/t11-,13+/m1/s1. The van der Waals surface area contributed by atoms with Crippen LogP contribution in [-0.2, 0) is 49.0 Å². The molecule has 2 atom stereocenters. The number of carboxylic acid groups (broad SMARTS) is 1. The van der Waals surface area contributed by atoms with Crippen molar-refractivity contribution < 1.29 is 37.3 Å². The van der Waals surface area contributed by atoms with E-state index in [9.17, 15) is 32.5 Å². The molecule has 17 nitrogen and oxygen atoms in total. The molecule has 2 amide bonds. The Morgan fingerprint density at radius 3 is 2.68 bits per heavy atom. The van der Waals surface area contributed by atoms with Gasteiger partial charge in [-0.2, -0.15) is 23.4 Å². The maximum absolute atomic E-state index is 13.1. The normalized spacial score (nSPS) is 22.7. The first kappa shape index (κ1) is 25.0. The van der Waals surface area contributed by atoms with Crippen molar-refractivity contribution >= 4 is 50.3 Å². The number of oxime groups is 1. The fourth-order valence-corrected chi connectivity index (χ4v) is 5.37. The second kappa shape index (κ2) is 9.01. The number of carboxylic acids is 1. The van der Waals surface area contributed by atoms with Crippen LogP contribution in [-0.4, -0.2) is 90.1 Å². The van der Waals surface area contributed by atoms with Crippen LogP contribution in [0.4, 0.5) is 5.13 Å². The van der Waals surface area contributed by atoms with E-state index in [1.54, 1.807) is 0 Å². The van der Waals surface area contributed by atoms with Crippen molar-refractivity contribution in [1.82, 2.24) is 34.9 Å². The van der Waals surface area contributed by atoms with Crippen LogP contribution in [0.25, 0.3) is 0 Å². The van der Waals surface area contributed by atoms with Crippen molar-refractivity contribution in [1.29, 1.82) is 0 Å². The summed E-state index contributed by atoms with van der Waals surface area (Å²) in [6, 6.07) is -2.67. The molecule has 3 aliphatic rings. The van der Waals surface area contributed by atoms with Crippen molar-refractivity contribution in [2.75, 3.05) is 12.3 Å². The Kier molecular flexibility index (Phi) is 6.09. The van der Waals surface area contributed by atoms with Crippen LogP contribution >= 0.6 is 11.3 Å². The lowest BCUT2D eigenvalue weighted by Gasteiger charge is -2.43. The molecule has 2 aromatic rings. The van der Waals surface area contributed by atoms with Crippen molar-refractivity contribution in [3.05, 3.63) is 22.5 Å². The van der Waals surface area contributed by atoms with E-state index in [1.807, 2.05) is 0 Å². The molecule has 4 heterocycles. The first-order chi connectivity index (χ1) is 17.5. The van der Waals surface area contributed by atoms with E-state index in [2.05, 4.69) is 31.0 Å². The van der Waals surface area contributed by atoms with E-state index in [-0.39, 0.29) is 34.5 Å². The molecule has 2 aromatic heterocycles. The predicted molar refractivity (Wildman–Crippen MR) is 123 cm³/mol. The highest BCUT2D eigenvalue weighted by Crippen LogP contribution is 2.40. The molecular weight excluding hydrogens is 534 g/mol. The number of nitrogens with one attached hydrogen (secondary N) is 2. The number of aliphatic carboxylic acids is 1. The molecular formula is C18H21N9O8S2. The van der Waals surface area contributed by atoms with Crippen LogP contribution in [0.15, 0.2) is 10.5 Å². The topological polar surface area (TPSA) is 244 Å². The SMILES string of the molecule is Nc1nc(/C(=N/OC2(C(=O)O)CC2)C(=O)N[C@@H]2C(=O)N(S(=O)(=O)O)[C@@H]2Cn2nc3c(n2)CNCC3)cs1. The number of thiazole rings is 1. The number of hydrogen-bond acceptors (Lipinski definition) is 13. The second-order valence-corrected chi connectivity index (χ2v) is 10.8. The van der Waals surface area contributed by atoms with Gasteiger partial charge in [-0.3, -0.25) is 14.1 Å². The quantitative estimate of drug-likeness (QED) is 0.0930. The van der Waals surface area contributed by atoms with Gasteiger partial charge in [-0.25, -0.2) is 14.1 Å². The first-order valence-corrected chi connectivity index (χ1v) is 13.2. The van der Waals surface area contributed by atoms with Crippen molar-refractivity contribution in [3.63, 3.8) is 0 Å². The summed E-state index contributed by atoms with van der Waals surface area (Å²) in [5.41, 5.74) is 4.95. The van der Waals surface area contributed by atoms with Crippen LogP contribution in [0.3, 0.4) is 0 Å². The summed E-state index contributed by atoms with van der Waals surface area (Å²) in [5, 5.41) is 28.6. The van der Waals surface area contributed by atoms with Crippen molar-refractivity contribution in [3.8, 4) is 0 Å². The number of carbonyl (C=O) groups is 3. The van der Waals surface area contributed by atoms with Gasteiger partial charge in [0.15, 0.2) is 10.8 Å². The van der Waals surface area contributed by atoms with Crippen molar-refractivity contribution in [2.24, 2.45) is 5.16 Å². The summed E-state index contributed by atoms with van der Waals surface area (Å²) in [4.78, 5) is 47.5. The summed E-state index contributed by atoms with van der Waals surface area (Å²) < 4.78 is 33.5. The minimum atomic E-state index is -4.95. The number of β-lactam (4-membered cyclic amide) rings is 1. The molecule has 1 saturated carbocycles. The zero-order valence-corrected chi connectivity index (χ0v) is 20.5. The number of amides is 2. The monoisotopic (exact) mass is 555 g/mol. The molecule has 0 unspecified atom stereocenters. The number of fused-ring (bicyclic) bond motifs is 1. The van der Waals surface area contributed by atoms with E-state index in [0.29, 0.717) is 30.9 Å². The Labute approximate surface area is 212 Å². The predicted octanol–water partition coefficient (Wildman–Crippen LogP) is -2.50. The highest BCUT2D eigenvalue weighted by atomic mass is 32.2. The Bertz CT molecular complexity index is 1390. The van der Waals surface area contributed by atoms with Gasteiger partial charge in [0.1, 0.15) is 17.8 Å². The van der Waals surface area contributed by atoms with Gasteiger partial charge in [-0.05, 0) is 0 Å². The number of aromatic nitrogens is 4. The number of anilines is 1. The smallest absolute Gasteiger partial charge is 0.362 e. The molecule has 5 rings (SSSR count). The number of carbonyl (C=O) groups excluding carboxylic acids is 2. The van der Waals surface area contributed by atoms with Gasteiger partial charge in [0, 0.05) is 37.7 Å². The number of nitrogens with two attached hydrogens (primary N) is 1. The fraction of sp³-hybridized carbons (Fsp3) is 0.500. The lowest BCUT2D eigenvalue weighted by molar-refractivity contribution is -0.153. The minimum Gasteiger partial charge on any atom is -0.478 e. The average molecular weight is 556 g/mol. The Balaban J connectivity index is 1.39. The van der Waals surface area contributed by atoms with E-state index in [4.69, 9.17) is 10.6 Å². The van der Waals surface area contributed by atoms with E-state index in [1.165, 1.54) is 10.2 Å². The zero-order valence-electron chi connectivity index (χ0n) is 18.9. The first-order valence-electron chi connectivity index (χ1n) is 10.9. The average Bonchev–Trinajstić information content (AvgIpc) is 3.32. The summed E-state index contributed by atoms with van der Waals surface area (Å²) >= 11 is 0.985. The van der Waals surface area contributed by atoms with Gasteiger partial charge >= 0.3 is 16.3 Å². The van der Waals surface area contributed by atoms with E-state index >= 15 is 0 Å². The van der Waals surface area contributed by atoms with Crippen LogP contribution in [0.2, 0.25) is 0 Å². The van der Waals surface area contributed by atoms with Gasteiger partial charge in [0.05, 0.1) is 17.9 Å². The summed E-state index contributed by atoms with van der Waals surface area (Å²) in [7, 11) is -4.95. The molecule has 198 valence electrons. The molecule has 6 N–H and O–H groups in total. The highest BCUT2D eigenvalue weighted by Gasteiger charge is 2.56. The molecule has 2 fully saturated rings. The summed E-state index contributed by atoms with van der Waals surface area (Å²) in [5.74, 6) is -3.35. The third kappa shape index (κ3) is 4.72. The Morgan fingerprint density at radius 2 is 2.08 bits per heavy atom. The number of nitrogens with zero attached hydrogens (tertiary/aromatic N) is 6. The lowest BCUT2D eigenvalue weighted by Crippen LogP contribution is -2.73. The Morgan fingerprint density at radius 1 is 1.35 bits per heavy atom. The summed E-state index contributed by atoms with van der Waals surface area (Å²) in [6.07, 6.45) is 0.973. The molecule has 1 aliphatic carbocycles. The largest absolute Gasteiger partial charge is 0.478 e. The zero-order chi connectivity index (χ0) is 26.5. The maximum atomic E-state index is 13.1. The molecule has 19 heteroatoms. The second-order valence-electron chi connectivity index (χ2n) is 8.61. The van der Waals surface area contributed by atoms with Crippen molar-refractivity contribution in [2.45, 2.75) is 50.0 Å². The molecule has 0 aromatic carbocycles. The third-order valence-electron chi connectivity index (χ3n) is 6.08. The van der Waals surface area contributed by atoms with Crippen LogP contribution in [0.5, 0.6) is 0 Å². The number of hydrogen-bond donors (Lipinski definition) is 5. The molecule has 0 spiro atoms. The lowest BCUT2D eigenvalue weighted by atomic mass is 9.98. The highest BCUT2D eigenvalue weighted by molar-refractivity contribution is 7.84. The third-order valence-corrected chi connectivity index (χ3v) is 7.70.